The van der Waals surface area contributed by atoms with Gasteiger partial charge in [-0.1, -0.05) is 37.9 Å². The minimum absolute atomic E-state index is 0.0732. The van der Waals surface area contributed by atoms with Gasteiger partial charge in [-0.3, -0.25) is 0 Å². The zero-order chi connectivity index (χ0) is 7.94. The van der Waals surface area contributed by atoms with E-state index < -0.39 is 0 Å². The molecular formula is C9H19AlO. The van der Waals surface area contributed by atoms with E-state index >= 15 is 0 Å². The zero-order valence-electron chi connectivity index (χ0n) is 7.64. The van der Waals surface area contributed by atoms with Gasteiger partial charge in [-0.2, -0.15) is 0 Å². The SMILES string of the molecule is CCCCCC1CC[CH2][AlH][O]1. The van der Waals surface area contributed by atoms with Crippen LogP contribution < -0.4 is 0 Å². The standard InChI is InChI=1S/C9H18O.Al.H/c1-3-5-6-8-9(10)7-4-2;;/h9H,2-8H2,1H3;;/q-1;+1;. The summed E-state index contributed by atoms with van der Waals surface area (Å²) in [5.74, 6) is 0. The van der Waals surface area contributed by atoms with Crippen molar-refractivity contribution < 1.29 is 3.79 Å². The second-order valence-electron chi connectivity index (χ2n) is 3.48. The van der Waals surface area contributed by atoms with Crippen molar-refractivity contribution in [3.63, 3.8) is 0 Å². The molecule has 1 fully saturated rings. The summed E-state index contributed by atoms with van der Waals surface area (Å²) in [6.45, 7) is 2.26. The topological polar surface area (TPSA) is 9.23 Å². The summed E-state index contributed by atoms with van der Waals surface area (Å²) in [6, 6.07) is 0. The lowest BCUT2D eigenvalue weighted by atomic mass is 10.1. The van der Waals surface area contributed by atoms with E-state index in [0.717, 1.165) is 0 Å². The molecule has 0 aliphatic carbocycles. The molecule has 11 heavy (non-hydrogen) atoms. The van der Waals surface area contributed by atoms with Gasteiger partial charge < -0.3 is 3.79 Å². The minimum Gasteiger partial charge on any atom is -0.501 e. The van der Waals surface area contributed by atoms with Crippen molar-refractivity contribution in [2.75, 3.05) is 0 Å². The molecule has 0 amide bonds. The van der Waals surface area contributed by atoms with E-state index in [4.69, 9.17) is 3.79 Å². The van der Waals surface area contributed by atoms with Gasteiger partial charge in [0, 0.05) is 6.10 Å². The van der Waals surface area contributed by atoms with Gasteiger partial charge in [0.2, 0.25) is 0 Å². The molecule has 64 valence electrons. The Balaban J connectivity index is 1.96. The van der Waals surface area contributed by atoms with Crippen LogP contribution in [0.25, 0.3) is 0 Å². The van der Waals surface area contributed by atoms with Crippen molar-refractivity contribution in [3.8, 4) is 0 Å². The number of hydrogen-bond acceptors (Lipinski definition) is 1. The summed E-state index contributed by atoms with van der Waals surface area (Å²) in [5, 5.41) is 1.42. The van der Waals surface area contributed by atoms with Crippen molar-refractivity contribution >= 4 is 15.6 Å². The first-order chi connectivity index (χ1) is 5.43. The maximum Gasteiger partial charge on any atom is 0.435 e. The molecule has 0 saturated carbocycles. The Hall–Kier alpha value is 0.492. The van der Waals surface area contributed by atoms with Gasteiger partial charge >= 0.3 is 15.6 Å². The summed E-state index contributed by atoms with van der Waals surface area (Å²) in [4.78, 5) is 0. The van der Waals surface area contributed by atoms with Crippen LogP contribution in [0.1, 0.15) is 45.4 Å². The third-order valence-electron chi connectivity index (χ3n) is 2.40. The smallest absolute Gasteiger partial charge is 0.435 e. The highest BCUT2D eigenvalue weighted by atomic mass is 27.1. The van der Waals surface area contributed by atoms with Crippen LogP contribution >= 0.6 is 0 Å². The first-order valence-corrected chi connectivity index (χ1v) is 6.63. The van der Waals surface area contributed by atoms with Crippen molar-refractivity contribution in [3.05, 3.63) is 0 Å². The van der Waals surface area contributed by atoms with E-state index in [1.165, 1.54) is 43.8 Å². The van der Waals surface area contributed by atoms with Gasteiger partial charge in [-0.15, -0.1) is 0 Å². The zero-order valence-corrected chi connectivity index (χ0v) is 9.06. The van der Waals surface area contributed by atoms with Crippen LogP contribution in [0, 0.1) is 0 Å². The van der Waals surface area contributed by atoms with E-state index in [1.54, 1.807) is 0 Å². The lowest BCUT2D eigenvalue weighted by Gasteiger charge is -2.22. The number of rotatable bonds is 4. The van der Waals surface area contributed by atoms with E-state index in [0.29, 0.717) is 6.10 Å². The monoisotopic (exact) mass is 170 g/mol. The van der Waals surface area contributed by atoms with Crippen molar-refractivity contribution in [2.24, 2.45) is 0 Å². The summed E-state index contributed by atoms with van der Waals surface area (Å²) in [5.41, 5.74) is 0. The second kappa shape index (κ2) is 6.06. The Morgan fingerprint density at radius 2 is 2.36 bits per heavy atom. The van der Waals surface area contributed by atoms with Crippen molar-refractivity contribution in [1.29, 1.82) is 0 Å². The Labute approximate surface area is 76.6 Å². The number of unbranched alkanes of at least 4 members (excludes halogenated alkanes) is 2. The molecule has 2 heteroatoms. The molecule has 0 bridgehead atoms. The normalized spacial score (nSPS) is 24.6. The van der Waals surface area contributed by atoms with Gasteiger partial charge in [0.05, 0.1) is 0 Å². The molecule has 1 unspecified atom stereocenters. The fourth-order valence-electron chi connectivity index (χ4n) is 1.66. The molecule has 1 nitrogen and oxygen atoms in total. The Kier molecular flexibility index (Phi) is 5.28. The van der Waals surface area contributed by atoms with Gasteiger partial charge in [0.1, 0.15) is 0 Å². The highest BCUT2D eigenvalue weighted by Crippen LogP contribution is 2.17. The molecule has 0 N–H and O–H groups in total. The Bertz CT molecular complexity index is 89.6. The van der Waals surface area contributed by atoms with Crippen LogP contribution in [0.3, 0.4) is 0 Å². The number of hydrogen-bond donors (Lipinski definition) is 0. The minimum atomic E-state index is -0.0732. The van der Waals surface area contributed by atoms with E-state index in [9.17, 15) is 0 Å². The average molecular weight is 170 g/mol. The van der Waals surface area contributed by atoms with Gasteiger partial charge in [-0.25, -0.2) is 0 Å². The lowest BCUT2D eigenvalue weighted by molar-refractivity contribution is 0.168. The third-order valence-corrected chi connectivity index (χ3v) is 3.90. The van der Waals surface area contributed by atoms with Crippen LogP contribution in [-0.2, 0) is 3.79 Å². The summed E-state index contributed by atoms with van der Waals surface area (Å²) in [7, 11) is 0. The lowest BCUT2D eigenvalue weighted by Crippen LogP contribution is -2.20. The van der Waals surface area contributed by atoms with Crippen LogP contribution in [0.4, 0.5) is 0 Å². The largest absolute Gasteiger partial charge is 0.501 e. The molecule has 0 aromatic heterocycles. The van der Waals surface area contributed by atoms with E-state index in [-0.39, 0.29) is 15.6 Å². The molecule has 0 radical (unpaired) electrons. The Morgan fingerprint density at radius 1 is 1.45 bits per heavy atom. The molecule has 1 saturated heterocycles. The first kappa shape index (κ1) is 9.58. The Morgan fingerprint density at radius 3 is 3.00 bits per heavy atom. The van der Waals surface area contributed by atoms with Crippen molar-refractivity contribution in [2.45, 2.75) is 56.8 Å². The summed E-state index contributed by atoms with van der Waals surface area (Å²) < 4.78 is 5.76. The van der Waals surface area contributed by atoms with Gasteiger partial charge in [0.15, 0.2) is 0 Å². The van der Waals surface area contributed by atoms with E-state index in [2.05, 4.69) is 6.92 Å². The molecule has 1 heterocycles. The van der Waals surface area contributed by atoms with Crippen LogP contribution in [0.5, 0.6) is 0 Å². The predicted molar refractivity (Wildman–Crippen MR) is 50.2 cm³/mol. The molecule has 0 aromatic carbocycles. The molecule has 1 rings (SSSR count). The first-order valence-electron chi connectivity index (χ1n) is 5.05. The summed E-state index contributed by atoms with van der Waals surface area (Å²) >= 11 is -0.0732. The highest BCUT2D eigenvalue weighted by molar-refractivity contribution is 6.27. The fraction of sp³-hybridized carbons (Fsp3) is 1.00. The molecule has 1 atom stereocenters. The molecule has 0 aromatic rings. The van der Waals surface area contributed by atoms with Crippen LogP contribution in [0.15, 0.2) is 0 Å². The fourth-order valence-corrected chi connectivity index (χ4v) is 2.98. The summed E-state index contributed by atoms with van der Waals surface area (Å²) in [6.07, 6.45) is 8.91. The molecule has 1 aliphatic rings. The van der Waals surface area contributed by atoms with Crippen LogP contribution in [0.2, 0.25) is 5.28 Å². The second-order valence-corrected chi connectivity index (χ2v) is 4.93. The maximum atomic E-state index is 5.76. The predicted octanol–water partition coefficient (Wildman–Crippen LogP) is 2.52. The molecular weight excluding hydrogens is 151 g/mol. The highest BCUT2D eigenvalue weighted by Gasteiger charge is 2.13. The maximum absolute atomic E-state index is 5.76. The van der Waals surface area contributed by atoms with Crippen molar-refractivity contribution in [1.82, 2.24) is 0 Å². The van der Waals surface area contributed by atoms with Gasteiger partial charge in [0.25, 0.3) is 0 Å². The molecule has 0 spiro atoms. The van der Waals surface area contributed by atoms with E-state index in [1.807, 2.05) is 0 Å². The third kappa shape index (κ3) is 4.16. The molecule has 1 aliphatic heterocycles. The van der Waals surface area contributed by atoms with Gasteiger partial charge in [-0.05, 0) is 12.8 Å². The average Bonchev–Trinajstić information content (AvgIpc) is 2.07. The quantitative estimate of drug-likeness (QED) is 0.465. The van der Waals surface area contributed by atoms with Crippen LogP contribution in [-0.4, -0.2) is 21.7 Å².